The van der Waals surface area contributed by atoms with Crippen LogP contribution in [0.5, 0.6) is 0 Å². The Balaban J connectivity index is 1.54. The smallest absolute Gasteiger partial charge is 0.256 e. The molecule has 7 nitrogen and oxygen atoms in total. The highest BCUT2D eigenvalue weighted by molar-refractivity contribution is 5.94. The summed E-state index contributed by atoms with van der Waals surface area (Å²) in [5.41, 5.74) is 2.17. The van der Waals surface area contributed by atoms with Crippen molar-refractivity contribution in [2.24, 2.45) is 0 Å². The van der Waals surface area contributed by atoms with Crippen LogP contribution < -0.4 is 10.9 Å². The van der Waals surface area contributed by atoms with Crippen LogP contribution in [0.25, 0.3) is 0 Å². The number of rotatable bonds is 6. The van der Waals surface area contributed by atoms with Gasteiger partial charge in [-0.2, -0.15) is 0 Å². The highest BCUT2D eigenvalue weighted by atomic mass is 16.1. The first-order valence-corrected chi connectivity index (χ1v) is 7.97. The molecule has 128 valence electrons. The summed E-state index contributed by atoms with van der Waals surface area (Å²) in [5.74, 6) is -0.164. The van der Waals surface area contributed by atoms with Gasteiger partial charge in [0.15, 0.2) is 0 Å². The van der Waals surface area contributed by atoms with Crippen LogP contribution in [-0.4, -0.2) is 31.6 Å². The van der Waals surface area contributed by atoms with Crippen LogP contribution in [0.1, 0.15) is 21.5 Å². The summed E-state index contributed by atoms with van der Waals surface area (Å²) in [4.78, 5) is 32.1. The first-order valence-electron chi connectivity index (χ1n) is 7.97. The van der Waals surface area contributed by atoms with E-state index in [9.17, 15) is 9.59 Å². The fourth-order valence-electron chi connectivity index (χ4n) is 2.46. The zero-order chi connectivity index (χ0) is 17.6. The third kappa shape index (κ3) is 4.20. The van der Waals surface area contributed by atoms with Gasteiger partial charge in [-0.15, -0.1) is 0 Å². The van der Waals surface area contributed by atoms with Crippen molar-refractivity contribution in [2.45, 2.75) is 20.0 Å². The molecule has 0 spiro atoms. The van der Waals surface area contributed by atoms with Crippen molar-refractivity contribution in [1.82, 2.24) is 24.4 Å². The molecule has 0 saturated carbocycles. The summed E-state index contributed by atoms with van der Waals surface area (Å²) < 4.78 is 3.45. The number of hydrogen-bond donors (Lipinski definition) is 1. The van der Waals surface area contributed by atoms with E-state index in [1.54, 1.807) is 31.6 Å². The molecule has 2 aromatic heterocycles. The van der Waals surface area contributed by atoms with Crippen molar-refractivity contribution in [2.75, 3.05) is 6.54 Å². The van der Waals surface area contributed by atoms with Gasteiger partial charge in [0.1, 0.15) is 0 Å². The van der Waals surface area contributed by atoms with Crippen LogP contribution in [-0.2, 0) is 13.1 Å². The quantitative estimate of drug-likeness (QED) is 0.733. The fourth-order valence-corrected chi connectivity index (χ4v) is 2.46. The van der Waals surface area contributed by atoms with E-state index in [4.69, 9.17) is 0 Å². The first-order chi connectivity index (χ1) is 12.1. The number of amides is 1. The molecule has 0 unspecified atom stereocenters. The molecular weight excluding hydrogens is 318 g/mol. The zero-order valence-electron chi connectivity index (χ0n) is 13.9. The van der Waals surface area contributed by atoms with Gasteiger partial charge in [-0.1, -0.05) is 12.1 Å². The number of aromatic nitrogens is 4. The van der Waals surface area contributed by atoms with Crippen molar-refractivity contribution < 1.29 is 4.79 Å². The topological polar surface area (TPSA) is 81.8 Å². The second-order valence-electron chi connectivity index (χ2n) is 5.76. The zero-order valence-corrected chi connectivity index (χ0v) is 13.9. The van der Waals surface area contributed by atoms with Crippen LogP contribution in [0.4, 0.5) is 0 Å². The third-order valence-electron chi connectivity index (χ3n) is 3.85. The maximum atomic E-state index is 12.2. The lowest BCUT2D eigenvalue weighted by Crippen LogP contribution is -2.31. The predicted molar refractivity (Wildman–Crippen MR) is 93.3 cm³/mol. The normalized spacial score (nSPS) is 10.6. The van der Waals surface area contributed by atoms with Crippen LogP contribution in [0.2, 0.25) is 0 Å². The van der Waals surface area contributed by atoms with Gasteiger partial charge in [0.2, 0.25) is 0 Å². The lowest BCUT2D eigenvalue weighted by molar-refractivity contribution is 0.0952. The van der Waals surface area contributed by atoms with Gasteiger partial charge in [0, 0.05) is 49.4 Å². The van der Waals surface area contributed by atoms with Gasteiger partial charge in [-0.3, -0.25) is 14.2 Å². The molecule has 7 heteroatoms. The minimum Gasteiger partial charge on any atom is -0.350 e. The van der Waals surface area contributed by atoms with E-state index < -0.39 is 0 Å². The van der Waals surface area contributed by atoms with E-state index in [1.165, 1.54) is 17.1 Å². The second kappa shape index (κ2) is 7.57. The molecule has 0 fully saturated rings. The van der Waals surface area contributed by atoms with Gasteiger partial charge < -0.3 is 9.88 Å². The number of carbonyl (C=O) groups excluding carboxylic acids is 1. The number of hydrogen-bond acceptors (Lipinski definition) is 4. The maximum Gasteiger partial charge on any atom is 0.256 e. The molecule has 0 radical (unpaired) electrons. The molecule has 0 saturated heterocycles. The molecule has 0 bridgehead atoms. The molecule has 0 atom stereocenters. The van der Waals surface area contributed by atoms with E-state index in [-0.39, 0.29) is 11.5 Å². The van der Waals surface area contributed by atoms with Crippen LogP contribution in [0.3, 0.4) is 0 Å². The second-order valence-corrected chi connectivity index (χ2v) is 5.76. The van der Waals surface area contributed by atoms with Crippen LogP contribution in [0.15, 0.2) is 60.3 Å². The third-order valence-corrected chi connectivity index (χ3v) is 3.85. The van der Waals surface area contributed by atoms with E-state index in [1.807, 2.05) is 22.9 Å². The van der Waals surface area contributed by atoms with E-state index in [0.29, 0.717) is 30.8 Å². The Bertz CT molecular complexity index is 898. The molecule has 3 rings (SSSR count). The van der Waals surface area contributed by atoms with E-state index >= 15 is 0 Å². The Morgan fingerprint density at radius 1 is 1.16 bits per heavy atom. The van der Waals surface area contributed by atoms with Crippen molar-refractivity contribution in [3.63, 3.8) is 0 Å². The lowest BCUT2D eigenvalue weighted by atomic mass is 10.1. The largest absolute Gasteiger partial charge is 0.350 e. The predicted octanol–water partition coefficient (Wildman–Crippen LogP) is 1.23. The molecule has 0 aliphatic heterocycles. The Morgan fingerprint density at radius 2 is 1.96 bits per heavy atom. The Kier molecular flexibility index (Phi) is 5.03. The highest BCUT2D eigenvalue weighted by Crippen LogP contribution is 2.06. The summed E-state index contributed by atoms with van der Waals surface area (Å²) in [5, 5.41) is 2.82. The summed E-state index contributed by atoms with van der Waals surface area (Å²) in [6, 6.07) is 7.43. The molecule has 1 N–H and O–H groups in total. The maximum absolute atomic E-state index is 12.2. The number of nitrogens with one attached hydrogen (secondary N) is 1. The molecule has 1 amide bonds. The number of imidazole rings is 1. The minimum absolute atomic E-state index is 0.0897. The van der Waals surface area contributed by atoms with Crippen molar-refractivity contribution in [3.8, 4) is 0 Å². The van der Waals surface area contributed by atoms with Crippen LogP contribution >= 0.6 is 0 Å². The Hall–Kier alpha value is -3.22. The Labute approximate surface area is 145 Å². The average Bonchev–Trinajstić information content (AvgIpc) is 3.12. The van der Waals surface area contributed by atoms with E-state index in [2.05, 4.69) is 15.3 Å². The molecule has 0 aliphatic rings. The summed E-state index contributed by atoms with van der Waals surface area (Å²) in [7, 11) is 0. The molecular formula is C18H19N5O2. The standard InChI is InChI=1S/C18H19N5O2/c1-14-10-20-13-23(18(14)25)9-7-21-17(24)16-4-2-15(3-5-16)11-22-8-6-19-12-22/h2-6,8,10,12-13H,7,9,11H2,1H3,(H,21,24). The van der Waals surface area contributed by atoms with Crippen LogP contribution in [0, 0.1) is 6.92 Å². The SMILES string of the molecule is Cc1cncn(CCNC(=O)c2ccc(Cn3ccnc3)cc2)c1=O. The minimum atomic E-state index is -0.164. The highest BCUT2D eigenvalue weighted by Gasteiger charge is 2.06. The monoisotopic (exact) mass is 337 g/mol. The van der Waals surface area contributed by atoms with Crippen molar-refractivity contribution >= 4 is 5.91 Å². The van der Waals surface area contributed by atoms with Crippen molar-refractivity contribution in [3.05, 3.63) is 82.6 Å². The Morgan fingerprint density at radius 3 is 2.68 bits per heavy atom. The van der Waals surface area contributed by atoms with Crippen molar-refractivity contribution in [1.29, 1.82) is 0 Å². The van der Waals surface area contributed by atoms with Gasteiger partial charge in [-0.25, -0.2) is 9.97 Å². The molecule has 0 aliphatic carbocycles. The molecule has 3 aromatic rings. The molecule has 2 heterocycles. The summed E-state index contributed by atoms with van der Waals surface area (Å²) >= 11 is 0. The molecule has 1 aromatic carbocycles. The lowest BCUT2D eigenvalue weighted by Gasteiger charge is -2.08. The fraction of sp³-hybridized carbons (Fsp3) is 0.222. The summed E-state index contributed by atoms with van der Waals surface area (Å²) in [6.45, 7) is 3.18. The number of carbonyl (C=O) groups is 1. The average molecular weight is 337 g/mol. The van der Waals surface area contributed by atoms with Gasteiger partial charge >= 0.3 is 0 Å². The number of nitrogens with zero attached hydrogens (tertiary/aromatic N) is 4. The first kappa shape index (κ1) is 16.6. The van der Waals surface area contributed by atoms with E-state index in [0.717, 1.165) is 5.56 Å². The number of benzene rings is 1. The summed E-state index contributed by atoms with van der Waals surface area (Å²) in [6.07, 6.45) is 8.39. The van der Waals surface area contributed by atoms with Gasteiger partial charge in [-0.05, 0) is 24.6 Å². The van der Waals surface area contributed by atoms with Gasteiger partial charge in [0.05, 0.1) is 12.7 Å². The van der Waals surface area contributed by atoms with Gasteiger partial charge in [0.25, 0.3) is 11.5 Å². The molecule has 25 heavy (non-hydrogen) atoms. The number of aryl methyl sites for hydroxylation is 1.